The Morgan fingerprint density at radius 3 is 2.48 bits per heavy atom. The summed E-state index contributed by atoms with van der Waals surface area (Å²) in [6.45, 7) is 0. The average Bonchev–Trinajstić information content (AvgIpc) is 2.46. The van der Waals surface area contributed by atoms with E-state index in [0.717, 1.165) is 6.21 Å². The zero-order valence-electron chi connectivity index (χ0n) is 11.3. The number of carboxylic acids is 1. The van der Waals surface area contributed by atoms with Gasteiger partial charge in [0.25, 0.3) is 5.91 Å². The standard InChI is InChI=1S/C13H12N2O6/c1-20-9-4-3-7(5-10(9)21-2)15-11(16)8(12(17)18)6-14-13(15)19/h3-6,8H,1-2H3,(H,17,18). The minimum Gasteiger partial charge on any atom is -0.493 e. The van der Waals surface area contributed by atoms with Crippen LogP contribution in [0.1, 0.15) is 0 Å². The van der Waals surface area contributed by atoms with E-state index in [9.17, 15) is 14.4 Å². The number of imide groups is 1. The number of methoxy groups -OCH3 is 2. The summed E-state index contributed by atoms with van der Waals surface area (Å²) in [5.41, 5.74) is 0.158. The third-order valence-corrected chi connectivity index (χ3v) is 2.90. The molecule has 0 fully saturated rings. The summed E-state index contributed by atoms with van der Waals surface area (Å²) in [5.74, 6) is -3.03. The van der Waals surface area contributed by atoms with Crippen LogP contribution in [0.15, 0.2) is 23.2 Å². The smallest absolute Gasteiger partial charge is 0.354 e. The van der Waals surface area contributed by atoms with Crippen molar-refractivity contribution < 1.29 is 29.0 Å². The molecule has 1 aromatic carbocycles. The summed E-state index contributed by atoms with van der Waals surface area (Å²) in [6, 6.07) is 3.48. The number of carbonyl (C=O) groups excluding carboxylic acids is 2. The van der Waals surface area contributed by atoms with Gasteiger partial charge in [-0.2, -0.15) is 0 Å². The molecule has 1 unspecified atom stereocenters. The zero-order chi connectivity index (χ0) is 15.6. The second-order valence-electron chi connectivity index (χ2n) is 4.09. The lowest BCUT2D eigenvalue weighted by Gasteiger charge is -2.24. The van der Waals surface area contributed by atoms with Crippen LogP contribution in [0.25, 0.3) is 0 Å². The number of carbonyl (C=O) groups is 3. The van der Waals surface area contributed by atoms with Gasteiger partial charge in [-0.15, -0.1) is 0 Å². The molecule has 0 saturated heterocycles. The molecule has 1 aromatic rings. The van der Waals surface area contributed by atoms with Crippen molar-refractivity contribution in [2.75, 3.05) is 19.1 Å². The summed E-state index contributed by atoms with van der Waals surface area (Å²) in [6.07, 6.45) is 0.824. The molecule has 2 rings (SSSR count). The molecule has 0 aliphatic carbocycles. The third-order valence-electron chi connectivity index (χ3n) is 2.90. The average molecular weight is 292 g/mol. The summed E-state index contributed by atoms with van der Waals surface area (Å²) in [7, 11) is 2.85. The van der Waals surface area contributed by atoms with E-state index in [0.29, 0.717) is 16.4 Å². The highest BCUT2D eigenvalue weighted by Crippen LogP contribution is 2.32. The molecule has 1 heterocycles. The molecule has 110 valence electrons. The number of ether oxygens (including phenoxy) is 2. The van der Waals surface area contributed by atoms with E-state index in [1.165, 1.54) is 32.4 Å². The van der Waals surface area contributed by atoms with Crippen molar-refractivity contribution in [3.8, 4) is 11.5 Å². The maximum atomic E-state index is 12.1. The molecule has 0 aromatic heterocycles. The molecule has 0 saturated carbocycles. The van der Waals surface area contributed by atoms with Crippen LogP contribution in [0, 0.1) is 5.92 Å². The van der Waals surface area contributed by atoms with Crippen LogP contribution >= 0.6 is 0 Å². The lowest BCUT2D eigenvalue weighted by atomic mass is 10.1. The number of aliphatic imine (C=N–C) groups is 1. The van der Waals surface area contributed by atoms with Gasteiger partial charge in [-0.3, -0.25) is 9.59 Å². The number of anilines is 1. The monoisotopic (exact) mass is 292 g/mol. The molecular formula is C13H12N2O6. The summed E-state index contributed by atoms with van der Waals surface area (Å²) >= 11 is 0. The number of urea groups is 1. The van der Waals surface area contributed by atoms with E-state index >= 15 is 0 Å². The number of carboxylic acid groups (broad SMARTS) is 1. The highest BCUT2D eigenvalue weighted by molar-refractivity contribution is 6.29. The molecule has 1 N–H and O–H groups in total. The topological polar surface area (TPSA) is 106 Å². The molecule has 0 spiro atoms. The Balaban J connectivity index is 2.45. The van der Waals surface area contributed by atoms with Crippen LogP contribution in [-0.4, -0.2) is 43.4 Å². The number of benzene rings is 1. The Hall–Kier alpha value is -2.90. The quantitative estimate of drug-likeness (QED) is 0.828. The Morgan fingerprint density at radius 2 is 1.90 bits per heavy atom. The van der Waals surface area contributed by atoms with Crippen molar-refractivity contribution in [3.05, 3.63) is 18.2 Å². The number of rotatable bonds is 4. The van der Waals surface area contributed by atoms with Crippen molar-refractivity contribution in [1.82, 2.24) is 0 Å². The van der Waals surface area contributed by atoms with Crippen molar-refractivity contribution >= 4 is 29.8 Å². The van der Waals surface area contributed by atoms with E-state index in [1.807, 2.05) is 0 Å². The predicted molar refractivity (Wildman–Crippen MR) is 72.0 cm³/mol. The Morgan fingerprint density at radius 1 is 1.24 bits per heavy atom. The summed E-state index contributed by atoms with van der Waals surface area (Å²) in [4.78, 5) is 39.0. The molecule has 21 heavy (non-hydrogen) atoms. The second kappa shape index (κ2) is 5.61. The molecule has 0 bridgehead atoms. The van der Waals surface area contributed by atoms with Gasteiger partial charge in [0.2, 0.25) is 0 Å². The van der Waals surface area contributed by atoms with Gasteiger partial charge in [-0.1, -0.05) is 0 Å². The summed E-state index contributed by atoms with van der Waals surface area (Å²) in [5, 5.41) is 8.95. The summed E-state index contributed by atoms with van der Waals surface area (Å²) < 4.78 is 10.1. The number of hydrogen-bond donors (Lipinski definition) is 1. The van der Waals surface area contributed by atoms with Gasteiger partial charge >= 0.3 is 12.0 Å². The number of hydrogen-bond acceptors (Lipinski definition) is 5. The first-order chi connectivity index (χ1) is 9.99. The third kappa shape index (κ3) is 2.55. The molecule has 8 heteroatoms. The Kier molecular flexibility index (Phi) is 3.88. The van der Waals surface area contributed by atoms with Crippen molar-refractivity contribution in [3.63, 3.8) is 0 Å². The predicted octanol–water partition coefficient (Wildman–Crippen LogP) is 0.942. The normalized spacial score (nSPS) is 17.8. The van der Waals surface area contributed by atoms with Crippen LogP contribution in [-0.2, 0) is 9.59 Å². The lowest BCUT2D eigenvalue weighted by Crippen LogP contribution is -2.46. The Bertz CT molecular complexity index is 640. The first kappa shape index (κ1) is 14.5. The second-order valence-corrected chi connectivity index (χ2v) is 4.09. The first-order valence-electron chi connectivity index (χ1n) is 5.86. The van der Waals surface area contributed by atoms with Gasteiger partial charge in [0, 0.05) is 12.3 Å². The highest BCUT2D eigenvalue weighted by Gasteiger charge is 2.37. The minimum atomic E-state index is -1.49. The van der Waals surface area contributed by atoms with E-state index < -0.39 is 23.8 Å². The first-order valence-corrected chi connectivity index (χ1v) is 5.86. The van der Waals surface area contributed by atoms with Crippen molar-refractivity contribution in [2.24, 2.45) is 10.9 Å². The van der Waals surface area contributed by atoms with Gasteiger partial charge in [-0.25, -0.2) is 14.7 Å². The van der Waals surface area contributed by atoms with E-state index in [-0.39, 0.29) is 5.69 Å². The number of aliphatic carboxylic acids is 1. The Labute approximate surface area is 119 Å². The molecule has 3 amide bonds. The number of amides is 3. The van der Waals surface area contributed by atoms with Crippen LogP contribution in [0.4, 0.5) is 10.5 Å². The van der Waals surface area contributed by atoms with E-state index in [1.54, 1.807) is 0 Å². The molecule has 8 nitrogen and oxygen atoms in total. The van der Waals surface area contributed by atoms with Crippen molar-refractivity contribution in [2.45, 2.75) is 0 Å². The van der Waals surface area contributed by atoms with Crippen LogP contribution < -0.4 is 14.4 Å². The zero-order valence-corrected chi connectivity index (χ0v) is 11.3. The SMILES string of the molecule is COc1ccc(N2C(=O)N=CC(C(=O)O)C2=O)cc1OC. The van der Waals surface area contributed by atoms with Gasteiger partial charge in [0.15, 0.2) is 17.4 Å². The maximum Gasteiger partial charge on any atom is 0.354 e. The van der Waals surface area contributed by atoms with Gasteiger partial charge in [0.05, 0.1) is 19.9 Å². The fourth-order valence-electron chi connectivity index (χ4n) is 1.86. The minimum absolute atomic E-state index is 0.158. The van der Waals surface area contributed by atoms with Crippen LogP contribution in [0.2, 0.25) is 0 Å². The van der Waals surface area contributed by atoms with Gasteiger partial charge in [-0.05, 0) is 12.1 Å². The number of nitrogens with zero attached hydrogens (tertiary/aromatic N) is 2. The molecule has 1 atom stereocenters. The van der Waals surface area contributed by atoms with Gasteiger partial charge in [0.1, 0.15) is 0 Å². The van der Waals surface area contributed by atoms with Crippen molar-refractivity contribution in [1.29, 1.82) is 0 Å². The molecule has 0 radical (unpaired) electrons. The van der Waals surface area contributed by atoms with Gasteiger partial charge < -0.3 is 14.6 Å². The fourth-order valence-corrected chi connectivity index (χ4v) is 1.86. The van der Waals surface area contributed by atoms with E-state index in [2.05, 4.69) is 4.99 Å². The molecule has 1 aliphatic rings. The maximum absolute atomic E-state index is 12.1. The van der Waals surface area contributed by atoms with Crippen LogP contribution in [0.5, 0.6) is 11.5 Å². The molecular weight excluding hydrogens is 280 g/mol. The lowest BCUT2D eigenvalue weighted by molar-refractivity contribution is -0.142. The van der Waals surface area contributed by atoms with Crippen LogP contribution in [0.3, 0.4) is 0 Å². The fraction of sp³-hybridized carbons (Fsp3) is 0.231. The molecule has 1 aliphatic heterocycles. The largest absolute Gasteiger partial charge is 0.493 e. The highest BCUT2D eigenvalue weighted by atomic mass is 16.5. The van der Waals surface area contributed by atoms with E-state index in [4.69, 9.17) is 14.6 Å².